The van der Waals surface area contributed by atoms with Crippen LogP contribution in [0.15, 0.2) is 53.6 Å². The molecule has 0 saturated heterocycles. The molecule has 5 heteroatoms. The molecule has 2 aromatic rings. The minimum atomic E-state index is -0.431. The molecule has 0 amide bonds. The van der Waals surface area contributed by atoms with Crippen molar-refractivity contribution in [3.8, 4) is 0 Å². The van der Waals surface area contributed by atoms with Crippen LogP contribution in [0.25, 0.3) is 0 Å². The Morgan fingerprint density at radius 1 is 1.19 bits per heavy atom. The summed E-state index contributed by atoms with van der Waals surface area (Å²) < 4.78 is 0. The predicted octanol–water partition coefficient (Wildman–Crippen LogP) is 4.16. The SMILES string of the molecule is CC(C)c1ccc(C=NNc2cccc([N+](=O)[O-])c2)cc1. The van der Waals surface area contributed by atoms with Crippen molar-refractivity contribution in [1.29, 1.82) is 0 Å². The van der Waals surface area contributed by atoms with E-state index in [4.69, 9.17) is 0 Å². The first-order valence-corrected chi connectivity index (χ1v) is 6.70. The van der Waals surface area contributed by atoms with Gasteiger partial charge in [-0.15, -0.1) is 0 Å². The topological polar surface area (TPSA) is 67.5 Å². The van der Waals surface area contributed by atoms with Crippen LogP contribution in [0.2, 0.25) is 0 Å². The van der Waals surface area contributed by atoms with Gasteiger partial charge in [-0.25, -0.2) is 0 Å². The molecule has 108 valence electrons. The fourth-order valence-corrected chi connectivity index (χ4v) is 1.84. The van der Waals surface area contributed by atoms with E-state index in [1.165, 1.54) is 17.7 Å². The van der Waals surface area contributed by atoms with Crippen LogP contribution in [-0.2, 0) is 0 Å². The second-order valence-corrected chi connectivity index (χ2v) is 5.00. The lowest BCUT2D eigenvalue weighted by Crippen LogP contribution is -1.93. The zero-order chi connectivity index (χ0) is 15.2. The molecule has 5 nitrogen and oxygen atoms in total. The molecule has 0 heterocycles. The maximum atomic E-state index is 10.7. The van der Waals surface area contributed by atoms with Gasteiger partial charge < -0.3 is 0 Å². The lowest BCUT2D eigenvalue weighted by molar-refractivity contribution is -0.384. The van der Waals surface area contributed by atoms with Gasteiger partial charge in [-0.3, -0.25) is 15.5 Å². The van der Waals surface area contributed by atoms with Crippen molar-refractivity contribution in [1.82, 2.24) is 0 Å². The molecule has 0 saturated carbocycles. The summed E-state index contributed by atoms with van der Waals surface area (Å²) >= 11 is 0. The quantitative estimate of drug-likeness (QED) is 0.509. The van der Waals surface area contributed by atoms with Gasteiger partial charge in [0.2, 0.25) is 0 Å². The van der Waals surface area contributed by atoms with Crippen molar-refractivity contribution in [3.63, 3.8) is 0 Å². The van der Waals surface area contributed by atoms with Crippen LogP contribution in [0.5, 0.6) is 0 Å². The third-order valence-corrected chi connectivity index (χ3v) is 3.07. The molecule has 21 heavy (non-hydrogen) atoms. The number of hydrogen-bond donors (Lipinski definition) is 1. The lowest BCUT2D eigenvalue weighted by atomic mass is 10.0. The summed E-state index contributed by atoms with van der Waals surface area (Å²) in [7, 11) is 0. The summed E-state index contributed by atoms with van der Waals surface area (Å²) in [6.45, 7) is 4.29. The second kappa shape index (κ2) is 6.65. The standard InChI is InChI=1S/C16H17N3O2/c1-12(2)14-8-6-13(7-9-14)11-17-18-15-4-3-5-16(10-15)19(20)21/h3-12,18H,1-2H3. The van der Waals surface area contributed by atoms with Gasteiger partial charge in [0.25, 0.3) is 5.69 Å². The van der Waals surface area contributed by atoms with E-state index in [-0.39, 0.29) is 5.69 Å². The molecule has 0 aliphatic heterocycles. The summed E-state index contributed by atoms with van der Waals surface area (Å²) in [6, 6.07) is 14.4. The summed E-state index contributed by atoms with van der Waals surface area (Å²) in [5.74, 6) is 0.499. The van der Waals surface area contributed by atoms with Crippen molar-refractivity contribution < 1.29 is 4.92 Å². The average Bonchev–Trinajstić information content (AvgIpc) is 2.48. The normalized spacial score (nSPS) is 11.0. The summed E-state index contributed by atoms with van der Waals surface area (Å²) in [6.07, 6.45) is 1.68. The molecule has 0 atom stereocenters. The largest absolute Gasteiger partial charge is 0.278 e. The Labute approximate surface area is 123 Å². The Balaban J connectivity index is 2.02. The molecular formula is C16H17N3O2. The molecule has 1 N–H and O–H groups in total. The van der Waals surface area contributed by atoms with E-state index < -0.39 is 4.92 Å². The summed E-state index contributed by atoms with van der Waals surface area (Å²) in [4.78, 5) is 10.2. The maximum Gasteiger partial charge on any atom is 0.271 e. The first-order valence-electron chi connectivity index (χ1n) is 6.70. The van der Waals surface area contributed by atoms with Crippen LogP contribution in [0.1, 0.15) is 30.9 Å². The van der Waals surface area contributed by atoms with E-state index in [2.05, 4.69) is 36.5 Å². The van der Waals surface area contributed by atoms with Gasteiger partial charge >= 0.3 is 0 Å². The zero-order valence-electron chi connectivity index (χ0n) is 12.0. The number of nitrogens with zero attached hydrogens (tertiary/aromatic N) is 2. The summed E-state index contributed by atoms with van der Waals surface area (Å²) in [5.41, 5.74) is 5.66. The Hall–Kier alpha value is -2.69. The third kappa shape index (κ3) is 4.14. The molecular weight excluding hydrogens is 266 g/mol. The van der Waals surface area contributed by atoms with Crippen LogP contribution < -0.4 is 5.43 Å². The van der Waals surface area contributed by atoms with Crippen LogP contribution in [0, 0.1) is 10.1 Å². The Kier molecular flexibility index (Phi) is 4.66. The van der Waals surface area contributed by atoms with E-state index in [9.17, 15) is 10.1 Å². The second-order valence-electron chi connectivity index (χ2n) is 5.00. The first-order chi connectivity index (χ1) is 10.1. The highest BCUT2D eigenvalue weighted by Gasteiger charge is 2.04. The average molecular weight is 283 g/mol. The third-order valence-electron chi connectivity index (χ3n) is 3.07. The Bertz CT molecular complexity index is 649. The monoisotopic (exact) mass is 283 g/mol. The molecule has 0 aliphatic carbocycles. The van der Waals surface area contributed by atoms with Gasteiger partial charge in [0.05, 0.1) is 16.8 Å². The number of rotatable bonds is 5. The van der Waals surface area contributed by atoms with Crippen LogP contribution in [0.3, 0.4) is 0 Å². The lowest BCUT2D eigenvalue weighted by Gasteiger charge is -2.04. The van der Waals surface area contributed by atoms with Gasteiger partial charge in [-0.05, 0) is 23.1 Å². The number of benzene rings is 2. The van der Waals surface area contributed by atoms with Gasteiger partial charge in [0.15, 0.2) is 0 Å². The Morgan fingerprint density at radius 3 is 2.52 bits per heavy atom. The predicted molar refractivity (Wildman–Crippen MR) is 84.8 cm³/mol. The number of anilines is 1. The fraction of sp³-hybridized carbons (Fsp3) is 0.188. The molecule has 0 radical (unpaired) electrons. The highest BCUT2D eigenvalue weighted by atomic mass is 16.6. The highest BCUT2D eigenvalue weighted by molar-refractivity contribution is 5.80. The fourth-order valence-electron chi connectivity index (χ4n) is 1.84. The Morgan fingerprint density at radius 2 is 1.90 bits per heavy atom. The molecule has 0 bridgehead atoms. The van der Waals surface area contributed by atoms with Crippen molar-refractivity contribution in [2.24, 2.45) is 5.10 Å². The summed E-state index contributed by atoms with van der Waals surface area (Å²) in [5, 5.41) is 14.8. The number of nitro benzene ring substituents is 1. The van der Waals surface area contributed by atoms with Gasteiger partial charge in [0.1, 0.15) is 0 Å². The minimum absolute atomic E-state index is 0.0384. The van der Waals surface area contributed by atoms with E-state index in [1.807, 2.05) is 12.1 Å². The van der Waals surface area contributed by atoms with Gasteiger partial charge in [0, 0.05) is 12.1 Å². The van der Waals surface area contributed by atoms with Crippen molar-refractivity contribution in [3.05, 3.63) is 69.8 Å². The van der Waals surface area contributed by atoms with Gasteiger partial charge in [-0.2, -0.15) is 5.10 Å². The van der Waals surface area contributed by atoms with E-state index in [0.717, 1.165) is 5.56 Å². The zero-order valence-corrected chi connectivity index (χ0v) is 12.0. The molecule has 0 aliphatic rings. The van der Waals surface area contributed by atoms with Gasteiger partial charge in [-0.1, -0.05) is 44.2 Å². The van der Waals surface area contributed by atoms with Crippen molar-refractivity contribution in [2.45, 2.75) is 19.8 Å². The van der Waals surface area contributed by atoms with Crippen molar-refractivity contribution >= 4 is 17.6 Å². The molecule has 2 aromatic carbocycles. The van der Waals surface area contributed by atoms with E-state index in [0.29, 0.717) is 11.6 Å². The van der Waals surface area contributed by atoms with Crippen LogP contribution in [0.4, 0.5) is 11.4 Å². The first kappa shape index (κ1) is 14.7. The van der Waals surface area contributed by atoms with E-state index in [1.54, 1.807) is 18.3 Å². The van der Waals surface area contributed by atoms with Crippen LogP contribution >= 0.6 is 0 Å². The number of nitrogens with one attached hydrogen (secondary N) is 1. The number of hydrazone groups is 1. The smallest absolute Gasteiger partial charge is 0.271 e. The number of nitro groups is 1. The molecule has 2 rings (SSSR count). The van der Waals surface area contributed by atoms with E-state index >= 15 is 0 Å². The minimum Gasteiger partial charge on any atom is -0.278 e. The number of hydrogen-bond acceptors (Lipinski definition) is 4. The highest BCUT2D eigenvalue weighted by Crippen LogP contribution is 2.17. The molecule has 0 unspecified atom stereocenters. The van der Waals surface area contributed by atoms with Crippen LogP contribution in [-0.4, -0.2) is 11.1 Å². The molecule has 0 aromatic heterocycles. The van der Waals surface area contributed by atoms with Crippen molar-refractivity contribution in [2.75, 3.05) is 5.43 Å². The molecule has 0 fully saturated rings. The number of non-ortho nitro benzene ring substituents is 1. The molecule has 0 spiro atoms. The maximum absolute atomic E-state index is 10.7.